The third-order valence-corrected chi connectivity index (χ3v) is 3.19. The first-order chi connectivity index (χ1) is 7.74. The minimum atomic E-state index is -2.17. The highest BCUT2D eigenvalue weighted by atomic mass is 32.2. The third-order valence-electron chi connectivity index (χ3n) is 2.42. The number of fused-ring (bicyclic) bond motifs is 1. The summed E-state index contributed by atoms with van der Waals surface area (Å²) in [6.45, 7) is 0. The smallest absolute Gasteiger partial charge is 0.175 e. The van der Waals surface area contributed by atoms with Gasteiger partial charge in [-0.25, -0.2) is 4.21 Å². The Bertz CT molecular complexity index is 584. The van der Waals surface area contributed by atoms with E-state index in [-0.39, 0.29) is 0 Å². The summed E-state index contributed by atoms with van der Waals surface area (Å²) in [6, 6.07) is 14.8. The summed E-state index contributed by atoms with van der Waals surface area (Å²) in [5.74, 6) is 0. The largest absolute Gasteiger partial charge is 0.305 e. The van der Waals surface area contributed by atoms with Crippen LogP contribution in [0.25, 0.3) is 10.8 Å². The van der Waals surface area contributed by atoms with Gasteiger partial charge in [-0.2, -0.15) is 5.26 Å². The van der Waals surface area contributed by atoms with E-state index >= 15 is 0 Å². The predicted octanol–water partition coefficient (Wildman–Crippen LogP) is 2.63. The third kappa shape index (κ3) is 1.83. The van der Waals surface area contributed by atoms with Gasteiger partial charge in [-0.3, -0.25) is 0 Å². The lowest BCUT2D eigenvalue weighted by atomic mass is 10.0. The molecule has 0 heterocycles. The normalized spacial score (nSPS) is 14.2. The summed E-state index contributed by atoms with van der Waals surface area (Å²) in [5.41, 5.74) is 0.599. The molecule has 0 saturated carbocycles. The number of hydrogen-bond acceptors (Lipinski definition) is 2. The lowest BCUT2D eigenvalue weighted by Crippen LogP contribution is -2.03. The molecular weight excluding hydrogens is 222 g/mol. The van der Waals surface area contributed by atoms with Gasteiger partial charge in [-0.05, 0) is 16.3 Å². The number of rotatable bonds is 2. The molecule has 0 amide bonds. The molecule has 3 nitrogen and oxygen atoms in total. The summed E-state index contributed by atoms with van der Waals surface area (Å²) < 4.78 is 20.1. The molecule has 0 aliphatic rings. The van der Waals surface area contributed by atoms with E-state index < -0.39 is 16.3 Å². The molecule has 1 N–H and O–H groups in total. The Hall–Kier alpha value is -1.70. The maximum absolute atomic E-state index is 11.1. The zero-order chi connectivity index (χ0) is 11.5. The van der Waals surface area contributed by atoms with Crippen LogP contribution in [0.4, 0.5) is 0 Å². The van der Waals surface area contributed by atoms with Crippen LogP contribution < -0.4 is 0 Å². The number of benzene rings is 2. The molecule has 0 aliphatic heterocycles. The van der Waals surface area contributed by atoms with Gasteiger partial charge in [0, 0.05) is 0 Å². The molecule has 16 heavy (non-hydrogen) atoms. The zero-order valence-electron chi connectivity index (χ0n) is 8.33. The Kier molecular flexibility index (Phi) is 3.00. The van der Waals surface area contributed by atoms with Crippen LogP contribution in [0.5, 0.6) is 0 Å². The molecule has 0 aromatic heterocycles. The maximum Gasteiger partial charge on any atom is 0.175 e. The maximum atomic E-state index is 11.1. The van der Waals surface area contributed by atoms with Crippen LogP contribution in [0.15, 0.2) is 42.5 Å². The fraction of sp³-hybridized carbons (Fsp3) is 0.0833. The van der Waals surface area contributed by atoms with E-state index in [4.69, 9.17) is 9.81 Å². The van der Waals surface area contributed by atoms with E-state index in [1.807, 2.05) is 36.4 Å². The minimum absolute atomic E-state index is 0.599. The number of hydrogen-bond donors (Lipinski definition) is 1. The second kappa shape index (κ2) is 4.44. The Morgan fingerprint density at radius 1 is 1.19 bits per heavy atom. The first kappa shape index (κ1) is 10.8. The Morgan fingerprint density at radius 3 is 2.56 bits per heavy atom. The summed E-state index contributed by atoms with van der Waals surface area (Å²) in [5, 5.41) is 9.72. The molecule has 0 spiro atoms. The molecule has 0 bridgehead atoms. The fourth-order valence-electron chi connectivity index (χ4n) is 1.70. The van der Waals surface area contributed by atoms with Gasteiger partial charge in [0.05, 0.1) is 6.07 Å². The van der Waals surface area contributed by atoms with Crippen molar-refractivity contribution in [3.8, 4) is 6.07 Å². The highest BCUT2D eigenvalue weighted by molar-refractivity contribution is 7.79. The van der Waals surface area contributed by atoms with Crippen molar-refractivity contribution in [1.29, 1.82) is 5.26 Å². The molecule has 0 radical (unpaired) electrons. The minimum Gasteiger partial charge on any atom is -0.305 e. The molecule has 0 aliphatic carbocycles. The highest BCUT2D eigenvalue weighted by Crippen LogP contribution is 2.26. The van der Waals surface area contributed by atoms with Gasteiger partial charge in [0.15, 0.2) is 16.3 Å². The van der Waals surface area contributed by atoms with Gasteiger partial charge < -0.3 is 4.55 Å². The lowest BCUT2D eigenvalue weighted by molar-refractivity contribution is 0.559. The number of nitrogens with zero attached hydrogens (tertiary/aromatic N) is 1. The van der Waals surface area contributed by atoms with E-state index in [9.17, 15) is 4.21 Å². The molecule has 0 fully saturated rings. The van der Waals surface area contributed by atoms with E-state index in [1.165, 1.54) is 0 Å². The van der Waals surface area contributed by atoms with Gasteiger partial charge in [0.2, 0.25) is 0 Å². The van der Waals surface area contributed by atoms with Crippen LogP contribution in [-0.2, 0) is 11.1 Å². The van der Waals surface area contributed by atoms with E-state index in [0.29, 0.717) is 5.56 Å². The van der Waals surface area contributed by atoms with Crippen molar-refractivity contribution in [3.05, 3.63) is 48.0 Å². The van der Waals surface area contributed by atoms with Crippen LogP contribution in [-0.4, -0.2) is 8.76 Å². The van der Waals surface area contributed by atoms with Gasteiger partial charge in [-0.15, -0.1) is 0 Å². The van der Waals surface area contributed by atoms with Crippen molar-refractivity contribution >= 4 is 21.9 Å². The molecule has 2 atom stereocenters. The monoisotopic (exact) mass is 231 g/mol. The van der Waals surface area contributed by atoms with Crippen molar-refractivity contribution in [2.75, 3.05) is 0 Å². The van der Waals surface area contributed by atoms with E-state index in [0.717, 1.165) is 10.8 Å². The molecule has 1 unspecified atom stereocenters. The average molecular weight is 231 g/mol. The zero-order valence-corrected chi connectivity index (χ0v) is 9.15. The van der Waals surface area contributed by atoms with Gasteiger partial charge in [-0.1, -0.05) is 42.5 Å². The first-order valence-electron chi connectivity index (χ1n) is 4.71. The summed E-state index contributed by atoms with van der Waals surface area (Å²) in [6.07, 6.45) is 0. The quantitative estimate of drug-likeness (QED) is 0.808. The fourth-order valence-corrected chi connectivity index (χ4v) is 2.22. The Labute approximate surface area is 95.6 Å². The number of nitriles is 1. The SMILES string of the molecule is N#C[C@@H](c1cccc2ccccc12)S(=O)O. The molecule has 80 valence electrons. The first-order valence-corrected chi connectivity index (χ1v) is 5.88. The standard InChI is InChI=1S/C12H9NO2S/c13-8-12(16(14)15)11-7-3-5-9-4-1-2-6-10(9)11/h1-7,12H,(H,14,15)/t12-/m0/s1. The highest BCUT2D eigenvalue weighted by Gasteiger charge is 2.18. The van der Waals surface area contributed by atoms with Crippen LogP contribution in [0.1, 0.15) is 10.8 Å². The molecule has 0 saturated heterocycles. The molecule has 4 heteroatoms. The predicted molar refractivity (Wildman–Crippen MR) is 63.1 cm³/mol. The van der Waals surface area contributed by atoms with Crippen molar-refractivity contribution in [3.63, 3.8) is 0 Å². The topological polar surface area (TPSA) is 61.1 Å². The summed E-state index contributed by atoms with van der Waals surface area (Å²) in [4.78, 5) is 0. The van der Waals surface area contributed by atoms with Crippen molar-refractivity contribution in [1.82, 2.24) is 0 Å². The van der Waals surface area contributed by atoms with Crippen LogP contribution in [0.2, 0.25) is 0 Å². The van der Waals surface area contributed by atoms with Crippen molar-refractivity contribution in [2.45, 2.75) is 5.25 Å². The second-order valence-corrected chi connectivity index (χ2v) is 4.38. The molecule has 2 rings (SSSR count). The van der Waals surface area contributed by atoms with Crippen molar-refractivity contribution < 1.29 is 8.76 Å². The van der Waals surface area contributed by atoms with Gasteiger partial charge in [0.1, 0.15) is 0 Å². The Morgan fingerprint density at radius 2 is 1.88 bits per heavy atom. The van der Waals surface area contributed by atoms with Gasteiger partial charge >= 0.3 is 0 Å². The Balaban J connectivity index is 2.69. The van der Waals surface area contributed by atoms with Crippen LogP contribution in [0.3, 0.4) is 0 Å². The summed E-state index contributed by atoms with van der Waals surface area (Å²) >= 11 is -2.17. The molecule has 2 aromatic rings. The lowest BCUT2D eigenvalue weighted by Gasteiger charge is -2.08. The van der Waals surface area contributed by atoms with Gasteiger partial charge in [0.25, 0.3) is 0 Å². The van der Waals surface area contributed by atoms with Crippen LogP contribution >= 0.6 is 0 Å². The second-order valence-electron chi connectivity index (χ2n) is 3.35. The van der Waals surface area contributed by atoms with E-state index in [2.05, 4.69) is 0 Å². The molecule has 2 aromatic carbocycles. The summed E-state index contributed by atoms with van der Waals surface area (Å²) in [7, 11) is 0. The van der Waals surface area contributed by atoms with Crippen molar-refractivity contribution in [2.24, 2.45) is 0 Å². The van der Waals surface area contributed by atoms with E-state index in [1.54, 1.807) is 12.1 Å². The molecular formula is C12H9NO2S. The average Bonchev–Trinajstić information content (AvgIpc) is 2.30. The van der Waals surface area contributed by atoms with Crippen LogP contribution in [0, 0.1) is 11.3 Å².